The van der Waals surface area contributed by atoms with Crippen molar-refractivity contribution < 1.29 is 39.9 Å². The summed E-state index contributed by atoms with van der Waals surface area (Å²) in [7, 11) is -4.42. The maximum absolute atomic E-state index is 14.0. The van der Waals surface area contributed by atoms with Crippen LogP contribution in [0.4, 0.5) is 22.0 Å². The Hall–Kier alpha value is -4.64. The van der Waals surface area contributed by atoms with Gasteiger partial charge in [0.15, 0.2) is 5.84 Å². The van der Waals surface area contributed by atoms with Gasteiger partial charge in [-0.3, -0.25) is 4.79 Å². The number of amides is 1. The van der Waals surface area contributed by atoms with Crippen molar-refractivity contribution in [2.75, 3.05) is 19.6 Å². The maximum atomic E-state index is 14.0. The number of amidine groups is 1. The van der Waals surface area contributed by atoms with Gasteiger partial charge in [0.1, 0.15) is 24.0 Å². The van der Waals surface area contributed by atoms with Crippen LogP contribution in [0.25, 0.3) is 0 Å². The molecular weight excluding hydrogens is 637 g/mol. The summed E-state index contributed by atoms with van der Waals surface area (Å²) in [6.45, 7) is 4.60. The Balaban J connectivity index is 1.57. The van der Waals surface area contributed by atoms with Gasteiger partial charge in [0.25, 0.3) is 5.92 Å². The minimum absolute atomic E-state index is 0.0320. The van der Waals surface area contributed by atoms with E-state index in [0.29, 0.717) is 11.1 Å². The van der Waals surface area contributed by atoms with Gasteiger partial charge in [0, 0.05) is 50.0 Å². The fourth-order valence-electron chi connectivity index (χ4n) is 4.51. The molecule has 46 heavy (non-hydrogen) atoms. The summed E-state index contributed by atoms with van der Waals surface area (Å²) in [6, 6.07) is 7.58. The number of halogens is 5. The van der Waals surface area contributed by atoms with Crippen LogP contribution in [0.2, 0.25) is 0 Å². The van der Waals surface area contributed by atoms with E-state index in [4.69, 9.17) is 5.73 Å². The van der Waals surface area contributed by atoms with Crippen LogP contribution in [-0.4, -0.2) is 74.0 Å². The normalized spacial score (nSPS) is 19.0. The van der Waals surface area contributed by atoms with E-state index in [9.17, 15) is 35.2 Å². The Morgan fingerprint density at radius 1 is 1.13 bits per heavy atom. The highest BCUT2D eigenvalue weighted by Crippen LogP contribution is 2.31. The quantitative estimate of drug-likeness (QED) is 0.368. The molecule has 0 radical (unpaired) electrons. The third-order valence-electron chi connectivity index (χ3n) is 7.03. The van der Waals surface area contributed by atoms with Gasteiger partial charge >= 0.3 is 6.36 Å². The predicted molar refractivity (Wildman–Crippen MR) is 161 cm³/mol. The van der Waals surface area contributed by atoms with Crippen LogP contribution in [0.5, 0.6) is 5.75 Å². The van der Waals surface area contributed by atoms with E-state index in [1.54, 1.807) is 0 Å². The lowest BCUT2D eigenvalue weighted by atomic mass is 10.0. The molecule has 246 valence electrons. The number of nitrogens with one attached hydrogen (secondary N) is 1. The zero-order chi connectivity index (χ0) is 33.7. The molecule has 1 atom stereocenters. The average molecular weight is 668 g/mol. The van der Waals surface area contributed by atoms with Crippen LogP contribution >= 0.6 is 0 Å². The summed E-state index contributed by atoms with van der Waals surface area (Å²) in [6.07, 6.45) is -1.36. The van der Waals surface area contributed by atoms with Crippen molar-refractivity contribution in [3.63, 3.8) is 0 Å². The van der Waals surface area contributed by atoms with Crippen molar-refractivity contribution in [2.24, 2.45) is 20.7 Å². The van der Waals surface area contributed by atoms with Crippen molar-refractivity contribution >= 4 is 34.3 Å². The van der Waals surface area contributed by atoms with Crippen LogP contribution in [0, 0.1) is 0 Å². The molecule has 1 fully saturated rings. The third-order valence-corrected chi connectivity index (χ3v) is 8.96. The fraction of sp³-hybridized carbons (Fsp3) is 0.310. The zero-order valence-corrected chi connectivity index (χ0v) is 25.2. The van der Waals surface area contributed by atoms with Gasteiger partial charge in [-0.15, -0.1) is 13.2 Å². The lowest BCUT2D eigenvalue weighted by Gasteiger charge is -2.40. The number of carbonyl (C=O) groups is 1. The topological polar surface area (TPSA) is 142 Å². The monoisotopic (exact) mass is 667 g/mol. The van der Waals surface area contributed by atoms with Crippen molar-refractivity contribution in [2.45, 2.75) is 43.1 Å². The SMILES string of the molecule is C=C1C=NC=NC1=N/C=C(\N)N1CCN(S(=O)(=O)c2ccc(OC(F)(F)F)cc2)[C@@H](C(=O)NCc2ccc(C(F)(F)CC)cc2)C1. The standard InChI is InChI=1S/C29H30F5N7O4S/c1-3-28(30,31)21-6-4-20(5-7-21)15-38-27(42)24-17-40(25(35)16-37-26-19(2)14-36-18-39-26)12-13-41(24)46(43,44)23-10-8-22(9-11-23)45-29(32,33)34/h4-11,14,16,18,24H,2-3,12-13,15,17,35H2,1H3,(H,38,42)/b25-16+,37-26?/t24-/m1/s1. The molecule has 2 heterocycles. The Labute approximate surface area is 261 Å². The highest BCUT2D eigenvalue weighted by Gasteiger charge is 2.41. The second-order valence-corrected chi connectivity index (χ2v) is 12.0. The Bertz CT molecular complexity index is 1670. The van der Waals surface area contributed by atoms with E-state index >= 15 is 0 Å². The lowest BCUT2D eigenvalue weighted by molar-refractivity contribution is -0.274. The first-order valence-electron chi connectivity index (χ1n) is 13.8. The number of aliphatic imine (C=N–C) groups is 3. The minimum Gasteiger partial charge on any atom is -0.406 e. The first-order valence-corrected chi connectivity index (χ1v) is 15.2. The van der Waals surface area contributed by atoms with Crippen molar-refractivity contribution in [1.82, 2.24) is 14.5 Å². The molecule has 0 saturated carbocycles. The molecule has 17 heteroatoms. The molecule has 2 aromatic rings. The van der Waals surface area contributed by atoms with E-state index in [-0.39, 0.29) is 54.7 Å². The van der Waals surface area contributed by atoms with Crippen LogP contribution < -0.4 is 15.8 Å². The second kappa shape index (κ2) is 13.8. The molecule has 4 rings (SSSR count). The van der Waals surface area contributed by atoms with Gasteiger partial charge in [-0.05, 0) is 29.8 Å². The predicted octanol–water partition coefficient (Wildman–Crippen LogP) is 3.90. The molecule has 0 spiro atoms. The smallest absolute Gasteiger partial charge is 0.406 e. The summed E-state index contributed by atoms with van der Waals surface area (Å²) in [5.74, 6) is -4.03. The Morgan fingerprint density at radius 3 is 2.41 bits per heavy atom. The molecule has 0 aromatic heterocycles. The number of rotatable bonds is 10. The van der Waals surface area contributed by atoms with Crippen LogP contribution in [0.3, 0.4) is 0 Å². The summed E-state index contributed by atoms with van der Waals surface area (Å²) < 4.78 is 97.9. The van der Waals surface area contributed by atoms with Crippen molar-refractivity contribution in [3.05, 3.63) is 83.8 Å². The van der Waals surface area contributed by atoms with Gasteiger partial charge in [-0.1, -0.05) is 37.8 Å². The molecule has 3 N–H and O–H groups in total. The molecular formula is C29H30F5N7O4S. The fourth-order valence-corrected chi connectivity index (χ4v) is 6.08. The molecule has 0 bridgehead atoms. The first kappa shape index (κ1) is 34.2. The Kier molecular flexibility index (Phi) is 10.3. The number of hydrogen-bond acceptors (Lipinski definition) is 8. The summed E-state index contributed by atoms with van der Waals surface area (Å²) in [5, 5.41) is 2.64. The highest BCUT2D eigenvalue weighted by atomic mass is 32.2. The van der Waals surface area contributed by atoms with E-state index in [0.717, 1.165) is 28.6 Å². The molecule has 0 unspecified atom stereocenters. The number of ether oxygens (including phenoxy) is 1. The van der Waals surface area contributed by atoms with Gasteiger partial charge in [-0.2, -0.15) is 4.31 Å². The van der Waals surface area contributed by atoms with Crippen LogP contribution in [-0.2, 0) is 27.3 Å². The van der Waals surface area contributed by atoms with E-state index in [1.807, 2.05) is 0 Å². The molecule has 0 aliphatic carbocycles. The van der Waals surface area contributed by atoms with E-state index in [2.05, 4.69) is 31.6 Å². The summed E-state index contributed by atoms with van der Waals surface area (Å²) >= 11 is 0. The second-order valence-electron chi connectivity index (χ2n) is 10.1. The zero-order valence-electron chi connectivity index (χ0n) is 24.4. The average Bonchev–Trinajstić information content (AvgIpc) is 3.02. The van der Waals surface area contributed by atoms with Crippen LogP contribution in [0.1, 0.15) is 24.5 Å². The Morgan fingerprint density at radius 2 is 1.80 bits per heavy atom. The van der Waals surface area contributed by atoms with Crippen molar-refractivity contribution in [1.29, 1.82) is 0 Å². The largest absolute Gasteiger partial charge is 0.573 e. The van der Waals surface area contributed by atoms with E-state index < -0.39 is 40.0 Å². The number of nitrogens with two attached hydrogens (primary N) is 1. The number of piperazine rings is 1. The summed E-state index contributed by atoms with van der Waals surface area (Å²) in [5.41, 5.74) is 6.96. The first-order chi connectivity index (χ1) is 21.6. The number of sulfonamides is 1. The molecule has 2 aliphatic heterocycles. The van der Waals surface area contributed by atoms with Crippen molar-refractivity contribution in [3.8, 4) is 5.75 Å². The van der Waals surface area contributed by atoms with Gasteiger partial charge < -0.3 is 20.7 Å². The van der Waals surface area contributed by atoms with E-state index in [1.165, 1.54) is 54.8 Å². The molecule has 1 amide bonds. The number of carbonyl (C=O) groups excluding carboxylic acids is 1. The molecule has 2 aromatic carbocycles. The molecule has 11 nitrogen and oxygen atoms in total. The van der Waals surface area contributed by atoms with Gasteiger partial charge in [0.2, 0.25) is 15.9 Å². The lowest BCUT2D eigenvalue weighted by Crippen LogP contribution is -2.60. The van der Waals surface area contributed by atoms with Crippen LogP contribution in [0.15, 0.2) is 92.6 Å². The summed E-state index contributed by atoms with van der Waals surface area (Å²) in [4.78, 5) is 26.7. The highest BCUT2D eigenvalue weighted by molar-refractivity contribution is 7.89. The minimum atomic E-state index is -4.97. The number of hydrogen-bond donors (Lipinski definition) is 2. The molecule has 1 saturated heterocycles. The third kappa shape index (κ3) is 8.33. The number of nitrogens with zero attached hydrogens (tertiary/aromatic N) is 5. The van der Waals surface area contributed by atoms with Gasteiger partial charge in [0.05, 0.1) is 11.1 Å². The number of alkyl halides is 5. The maximum Gasteiger partial charge on any atom is 0.573 e. The number of benzene rings is 2. The molecule has 2 aliphatic rings. The van der Waals surface area contributed by atoms with Gasteiger partial charge in [-0.25, -0.2) is 32.2 Å².